The summed E-state index contributed by atoms with van der Waals surface area (Å²) < 4.78 is 0. The minimum Gasteiger partial charge on any atom is -0.478 e. The molecule has 5 nitrogen and oxygen atoms in total. The monoisotopic (exact) mass is 290 g/mol. The van der Waals surface area contributed by atoms with Gasteiger partial charge in [-0.25, -0.2) is 9.59 Å². The highest BCUT2D eigenvalue weighted by molar-refractivity contribution is 6.00. The SMILES string of the molecule is C=CCN(C(=O)Nc1ccc(C)cc1C(=O)O)C(C)(C)C. The minimum atomic E-state index is -1.07. The number of hydrogen-bond acceptors (Lipinski definition) is 2. The first-order valence-electron chi connectivity index (χ1n) is 6.70. The molecule has 2 amide bonds. The van der Waals surface area contributed by atoms with E-state index in [0.29, 0.717) is 6.54 Å². The number of carboxylic acids is 1. The Morgan fingerprint density at radius 3 is 2.48 bits per heavy atom. The molecule has 2 N–H and O–H groups in total. The van der Waals surface area contributed by atoms with Crippen molar-refractivity contribution in [1.29, 1.82) is 0 Å². The van der Waals surface area contributed by atoms with Crippen LogP contribution in [0.5, 0.6) is 0 Å². The number of nitrogens with one attached hydrogen (secondary N) is 1. The van der Waals surface area contributed by atoms with E-state index in [9.17, 15) is 14.7 Å². The third kappa shape index (κ3) is 4.34. The molecule has 0 spiro atoms. The lowest BCUT2D eigenvalue weighted by Gasteiger charge is -2.35. The molecule has 0 bridgehead atoms. The summed E-state index contributed by atoms with van der Waals surface area (Å²) in [5.41, 5.74) is 0.795. The molecule has 0 atom stereocenters. The molecule has 0 aliphatic heterocycles. The number of carbonyl (C=O) groups is 2. The molecule has 21 heavy (non-hydrogen) atoms. The third-order valence-electron chi connectivity index (χ3n) is 3.01. The summed E-state index contributed by atoms with van der Waals surface area (Å²) in [6.45, 7) is 11.5. The van der Waals surface area contributed by atoms with Crippen LogP contribution in [0.25, 0.3) is 0 Å². The van der Waals surface area contributed by atoms with Crippen LogP contribution in [0.4, 0.5) is 10.5 Å². The summed E-state index contributed by atoms with van der Waals surface area (Å²) in [5, 5.41) is 11.9. The number of anilines is 1. The van der Waals surface area contributed by atoms with Gasteiger partial charge in [0.15, 0.2) is 0 Å². The Bertz CT molecular complexity index is 559. The van der Waals surface area contributed by atoms with Gasteiger partial charge in [-0.3, -0.25) is 0 Å². The van der Waals surface area contributed by atoms with Crippen molar-refractivity contribution < 1.29 is 14.7 Å². The lowest BCUT2D eigenvalue weighted by Crippen LogP contribution is -2.47. The van der Waals surface area contributed by atoms with Crippen molar-refractivity contribution in [1.82, 2.24) is 4.90 Å². The molecule has 0 unspecified atom stereocenters. The lowest BCUT2D eigenvalue weighted by molar-refractivity contribution is 0.0698. The number of hydrogen-bond donors (Lipinski definition) is 2. The molecule has 5 heteroatoms. The van der Waals surface area contributed by atoms with Crippen LogP contribution in [0, 0.1) is 6.92 Å². The summed E-state index contributed by atoms with van der Waals surface area (Å²) in [7, 11) is 0. The molecule has 0 aliphatic rings. The number of nitrogens with zero attached hydrogens (tertiary/aromatic N) is 1. The van der Waals surface area contributed by atoms with Gasteiger partial charge in [0.2, 0.25) is 0 Å². The Balaban J connectivity index is 3.07. The number of aromatic carboxylic acids is 1. The lowest BCUT2D eigenvalue weighted by atomic mass is 10.1. The molecular weight excluding hydrogens is 268 g/mol. The zero-order valence-corrected chi connectivity index (χ0v) is 12.9. The average molecular weight is 290 g/mol. The molecular formula is C16H22N2O3. The van der Waals surface area contributed by atoms with Gasteiger partial charge < -0.3 is 15.3 Å². The summed E-state index contributed by atoms with van der Waals surface area (Å²) in [6, 6.07) is 4.55. The molecule has 1 aromatic carbocycles. The standard InChI is InChI=1S/C16H22N2O3/c1-6-9-18(16(3,4)5)15(21)17-13-8-7-11(2)10-12(13)14(19)20/h6-8,10H,1,9H2,2-5H3,(H,17,21)(H,19,20). The maximum absolute atomic E-state index is 12.4. The van der Waals surface area contributed by atoms with Gasteiger partial charge in [0.25, 0.3) is 0 Å². The fourth-order valence-electron chi connectivity index (χ4n) is 1.92. The first-order chi connectivity index (χ1) is 9.66. The van der Waals surface area contributed by atoms with Crippen LogP contribution in [0.15, 0.2) is 30.9 Å². The van der Waals surface area contributed by atoms with Crippen molar-refractivity contribution in [3.63, 3.8) is 0 Å². The van der Waals surface area contributed by atoms with E-state index < -0.39 is 11.5 Å². The third-order valence-corrected chi connectivity index (χ3v) is 3.01. The van der Waals surface area contributed by atoms with E-state index in [2.05, 4.69) is 11.9 Å². The van der Waals surface area contributed by atoms with Crippen LogP contribution in [0.3, 0.4) is 0 Å². The van der Waals surface area contributed by atoms with Gasteiger partial charge in [-0.1, -0.05) is 17.7 Å². The Kier molecular flexibility index (Phi) is 5.13. The van der Waals surface area contributed by atoms with Crippen LogP contribution in [-0.4, -0.2) is 34.1 Å². The number of aryl methyl sites for hydroxylation is 1. The van der Waals surface area contributed by atoms with Gasteiger partial charge in [-0.05, 0) is 39.8 Å². The van der Waals surface area contributed by atoms with E-state index in [-0.39, 0.29) is 17.3 Å². The van der Waals surface area contributed by atoms with Gasteiger partial charge in [0.1, 0.15) is 0 Å². The molecule has 0 fully saturated rings. The van der Waals surface area contributed by atoms with Crippen LogP contribution in [-0.2, 0) is 0 Å². The molecule has 0 aliphatic carbocycles. The maximum Gasteiger partial charge on any atom is 0.337 e. The molecule has 114 valence electrons. The zero-order chi connectivity index (χ0) is 16.2. The summed E-state index contributed by atoms with van der Waals surface area (Å²) in [6.07, 6.45) is 1.64. The summed E-state index contributed by atoms with van der Waals surface area (Å²) in [4.78, 5) is 25.2. The Morgan fingerprint density at radius 1 is 1.38 bits per heavy atom. The van der Waals surface area contributed by atoms with Crippen LogP contribution >= 0.6 is 0 Å². The van der Waals surface area contributed by atoms with Crippen molar-refractivity contribution >= 4 is 17.7 Å². The summed E-state index contributed by atoms with van der Waals surface area (Å²) in [5.74, 6) is -1.07. The van der Waals surface area contributed by atoms with E-state index in [4.69, 9.17) is 0 Å². The van der Waals surface area contributed by atoms with Gasteiger partial charge in [0, 0.05) is 12.1 Å². The van der Waals surface area contributed by atoms with Crippen molar-refractivity contribution in [3.05, 3.63) is 42.0 Å². The number of carbonyl (C=O) groups excluding carboxylic acids is 1. The zero-order valence-electron chi connectivity index (χ0n) is 12.9. The Morgan fingerprint density at radius 2 is 2.00 bits per heavy atom. The van der Waals surface area contributed by atoms with Crippen LogP contribution in [0.2, 0.25) is 0 Å². The minimum absolute atomic E-state index is 0.0795. The van der Waals surface area contributed by atoms with E-state index in [1.165, 1.54) is 6.07 Å². The molecule has 1 rings (SSSR count). The highest BCUT2D eigenvalue weighted by atomic mass is 16.4. The number of benzene rings is 1. The quantitative estimate of drug-likeness (QED) is 0.834. The maximum atomic E-state index is 12.4. The fourth-order valence-corrected chi connectivity index (χ4v) is 1.92. The predicted octanol–water partition coefficient (Wildman–Crippen LogP) is 3.51. The molecule has 0 radical (unpaired) electrons. The smallest absolute Gasteiger partial charge is 0.337 e. The van der Waals surface area contributed by atoms with E-state index >= 15 is 0 Å². The number of carboxylic acid groups (broad SMARTS) is 1. The second-order valence-corrected chi connectivity index (χ2v) is 5.85. The normalized spacial score (nSPS) is 10.9. The number of amides is 2. The first kappa shape index (κ1) is 16.8. The molecule has 0 saturated carbocycles. The Labute approximate surface area is 125 Å². The number of urea groups is 1. The highest BCUT2D eigenvalue weighted by Crippen LogP contribution is 2.20. The fraction of sp³-hybridized carbons (Fsp3) is 0.375. The van der Waals surface area contributed by atoms with Crippen molar-refractivity contribution in [2.75, 3.05) is 11.9 Å². The van der Waals surface area contributed by atoms with Crippen molar-refractivity contribution in [3.8, 4) is 0 Å². The van der Waals surface area contributed by atoms with Gasteiger partial charge >= 0.3 is 12.0 Å². The molecule has 0 saturated heterocycles. The van der Waals surface area contributed by atoms with Crippen LogP contribution in [0.1, 0.15) is 36.7 Å². The predicted molar refractivity (Wildman–Crippen MR) is 83.8 cm³/mol. The van der Waals surface area contributed by atoms with Gasteiger partial charge in [0.05, 0.1) is 11.3 Å². The molecule has 1 aromatic rings. The highest BCUT2D eigenvalue weighted by Gasteiger charge is 2.26. The van der Waals surface area contributed by atoms with E-state index in [0.717, 1.165) is 5.56 Å². The molecule has 0 aromatic heterocycles. The van der Waals surface area contributed by atoms with Crippen molar-refractivity contribution in [2.24, 2.45) is 0 Å². The number of rotatable bonds is 4. The van der Waals surface area contributed by atoms with E-state index in [1.54, 1.807) is 30.0 Å². The largest absolute Gasteiger partial charge is 0.478 e. The Hall–Kier alpha value is -2.30. The molecule has 0 heterocycles. The topological polar surface area (TPSA) is 69.6 Å². The second kappa shape index (κ2) is 6.43. The first-order valence-corrected chi connectivity index (χ1v) is 6.70. The van der Waals surface area contributed by atoms with Crippen LogP contribution < -0.4 is 5.32 Å². The summed E-state index contributed by atoms with van der Waals surface area (Å²) >= 11 is 0. The second-order valence-electron chi connectivity index (χ2n) is 5.85. The average Bonchev–Trinajstić information content (AvgIpc) is 2.36. The van der Waals surface area contributed by atoms with Gasteiger partial charge in [-0.15, -0.1) is 6.58 Å². The van der Waals surface area contributed by atoms with Crippen molar-refractivity contribution in [2.45, 2.75) is 33.2 Å². The van der Waals surface area contributed by atoms with E-state index in [1.807, 2.05) is 20.8 Å². The van der Waals surface area contributed by atoms with Gasteiger partial charge in [-0.2, -0.15) is 0 Å².